The highest BCUT2D eigenvalue weighted by atomic mass is 16.2. The van der Waals surface area contributed by atoms with Crippen LogP contribution in [-0.4, -0.2) is 17.4 Å². The summed E-state index contributed by atoms with van der Waals surface area (Å²) >= 11 is 0. The molecule has 2 rings (SSSR count). The average Bonchev–Trinajstić information content (AvgIpc) is 2.27. The van der Waals surface area contributed by atoms with Crippen LogP contribution >= 0.6 is 0 Å². The van der Waals surface area contributed by atoms with Crippen molar-refractivity contribution in [3.8, 4) is 0 Å². The Morgan fingerprint density at radius 2 is 2.27 bits per heavy atom. The third-order valence-electron chi connectivity index (χ3n) is 3.19. The van der Waals surface area contributed by atoms with Gasteiger partial charge in [-0.3, -0.25) is 4.79 Å². The van der Waals surface area contributed by atoms with Crippen LogP contribution in [0.2, 0.25) is 0 Å². The number of fused-ring (bicyclic) bond motifs is 1. The van der Waals surface area contributed by atoms with E-state index < -0.39 is 0 Å². The summed E-state index contributed by atoms with van der Waals surface area (Å²) in [5, 5.41) is 0. The topological polar surface area (TPSA) is 20.3 Å². The van der Waals surface area contributed by atoms with Gasteiger partial charge in [-0.2, -0.15) is 0 Å². The Labute approximate surface area is 90.9 Å². The van der Waals surface area contributed by atoms with Crippen molar-refractivity contribution in [1.29, 1.82) is 0 Å². The van der Waals surface area contributed by atoms with Crippen LogP contribution in [0.25, 0.3) is 0 Å². The number of carbonyl (C=O) groups excluding carboxylic acids is 1. The number of rotatable bonds is 1. The Bertz CT molecular complexity index is 384. The lowest BCUT2D eigenvalue weighted by Crippen LogP contribution is -2.34. The minimum absolute atomic E-state index is 0.183. The van der Waals surface area contributed by atoms with Gasteiger partial charge in [0.1, 0.15) is 0 Å². The molecule has 0 aliphatic carbocycles. The molecule has 2 heteroatoms. The molecule has 1 amide bonds. The maximum absolute atomic E-state index is 11.3. The van der Waals surface area contributed by atoms with Crippen LogP contribution in [0.5, 0.6) is 0 Å². The fourth-order valence-electron chi connectivity index (χ4n) is 2.29. The first kappa shape index (κ1) is 10.2. The summed E-state index contributed by atoms with van der Waals surface area (Å²) in [6.45, 7) is 5.50. The molecule has 1 aromatic rings. The van der Waals surface area contributed by atoms with Crippen molar-refractivity contribution in [3.05, 3.63) is 34.9 Å². The number of aryl methyl sites for hydroxylation is 1. The minimum Gasteiger partial charge on any atom is -0.338 e. The molecular weight excluding hydrogens is 186 g/mol. The lowest BCUT2D eigenvalue weighted by Gasteiger charge is -2.29. The first-order valence-electron chi connectivity index (χ1n) is 5.57. The van der Waals surface area contributed by atoms with Crippen LogP contribution in [-0.2, 0) is 24.2 Å². The van der Waals surface area contributed by atoms with E-state index in [4.69, 9.17) is 0 Å². The number of hydrogen-bond acceptors (Lipinski definition) is 1. The zero-order valence-corrected chi connectivity index (χ0v) is 9.42. The van der Waals surface area contributed by atoms with Crippen LogP contribution < -0.4 is 0 Å². The van der Waals surface area contributed by atoms with Crippen molar-refractivity contribution < 1.29 is 4.79 Å². The van der Waals surface area contributed by atoms with Gasteiger partial charge in [-0.25, -0.2) is 0 Å². The molecule has 0 unspecified atom stereocenters. The van der Waals surface area contributed by atoms with Crippen molar-refractivity contribution in [2.24, 2.45) is 0 Å². The summed E-state index contributed by atoms with van der Waals surface area (Å²) < 4.78 is 0. The normalized spacial score (nSPS) is 14.9. The van der Waals surface area contributed by atoms with E-state index in [-0.39, 0.29) is 5.91 Å². The lowest BCUT2D eigenvalue weighted by atomic mass is 9.93. The van der Waals surface area contributed by atoms with Crippen molar-refractivity contribution >= 4 is 5.91 Å². The molecule has 0 N–H and O–H groups in total. The second kappa shape index (κ2) is 4.05. The highest BCUT2D eigenvalue weighted by molar-refractivity contribution is 5.73. The maximum Gasteiger partial charge on any atom is 0.219 e. The lowest BCUT2D eigenvalue weighted by molar-refractivity contribution is -0.129. The van der Waals surface area contributed by atoms with Crippen molar-refractivity contribution in [1.82, 2.24) is 4.90 Å². The predicted molar refractivity (Wildman–Crippen MR) is 60.6 cm³/mol. The first-order chi connectivity index (χ1) is 7.22. The second-order valence-electron chi connectivity index (χ2n) is 4.10. The molecule has 0 saturated heterocycles. The molecule has 1 aliphatic heterocycles. The van der Waals surface area contributed by atoms with Gasteiger partial charge >= 0.3 is 0 Å². The zero-order chi connectivity index (χ0) is 10.8. The molecule has 0 bridgehead atoms. The summed E-state index contributed by atoms with van der Waals surface area (Å²) in [7, 11) is 0. The molecule has 0 spiro atoms. The molecule has 0 radical (unpaired) electrons. The molecule has 0 aromatic heterocycles. The molecule has 2 nitrogen and oxygen atoms in total. The summed E-state index contributed by atoms with van der Waals surface area (Å²) in [5.41, 5.74) is 4.24. The summed E-state index contributed by atoms with van der Waals surface area (Å²) in [6, 6.07) is 6.44. The zero-order valence-electron chi connectivity index (χ0n) is 9.42. The standard InChI is InChI=1S/C13H17NO/c1-3-11-5-4-6-12-9-14(10(2)15)8-7-13(11)12/h4-6H,3,7-9H2,1-2H3. The van der Waals surface area contributed by atoms with Crippen molar-refractivity contribution in [3.63, 3.8) is 0 Å². The Morgan fingerprint density at radius 1 is 1.47 bits per heavy atom. The van der Waals surface area contributed by atoms with E-state index in [1.165, 1.54) is 16.7 Å². The number of benzene rings is 1. The molecular formula is C13H17NO. The quantitative estimate of drug-likeness (QED) is 0.685. The van der Waals surface area contributed by atoms with E-state index in [1.807, 2.05) is 4.90 Å². The highest BCUT2D eigenvalue weighted by Gasteiger charge is 2.19. The second-order valence-corrected chi connectivity index (χ2v) is 4.10. The molecule has 1 heterocycles. The predicted octanol–water partition coefficient (Wildman–Crippen LogP) is 2.15. The van der Waals surface area contributed by atoms with Gasteiger partial charge in [-0.1, -0.05) is 25.1 Å². The van der Waals surface area contributed by atoms with Crippen LogP contribution in [0.4, 0.5) is 0 Å². The third kappa shape index (κ3) is 1.89. The Kier molecular flexibility index (Phi) is 2.76. The average molecular weight is 203 g/mol. The van der Waals surface area contributed by atoms with E-state index in [0.29, 0.717) is 0 Å². The monoisotopic (exact) mass is 203 g/mol. The highest BCUT2D eigenvalue weighted by Crippen LogP contribution is 2.22. The van der Waals surface area contributed by atoms with Gasteiger partial charge in [0.25, 0.3) is 0 Å². The molecule has 1 aromatic carbocycles. The van der Waals surface area contributed by atoms with Crippen LogP contribution in [0.15, 0.2) is 18.2 Å². The van der Waals surface area contributed by atoms with Gasteiger partial charge in [0.15, 0.2) is 0 Å². The van der Waals surface area contributed by atoms with Gasteiger partial charge in [0.2, 0.25) is 5.91 Å². The Hall–Kier alpha value is -1.31. The summed E-state index contributed by atoms with van der Waals surface area (Å²) in [6.07, 6.45) is 2.10. The number of nitrogens with zero attached hydrogens (tertiary/aromatic N) is 1. The number of carbonyl (C=O) groups is 1. The van der Waals surface area contributed by atoms with Crippen LogP contribution in [0.3, 0.4) is 0 Å². The minimum atomic E-state index is 0.183. The maximum atomic E-state index is 11.3. The van der Waals surface area contributed by atoms with E-state index >= 15 is 0 Å². The van der Waals surface area contributed by atoms with E-state index in [2.05, 4.69) is 25.1 Å². The molecule has 0 saturated carbocycles. The van der Waals surface area contributed by atoms with Crippen molar-refractivity contribution in [2.75, 3.05) is 6.54 Å². The Balaban J connectivity index is 2.31. The van der Waals surface area contributed by atoms with Crippen LogP contribution in [0.1, 0.15) is 30.5 Å². The molecule has 0 fully saturated rings. The van der Waals surface area contributed by atoms with Gasteiger partial charge in [0.05, 0.1) is 0 Å². The summed E-state index contributed by atoms with van der Waals surface area (Å²) in [4.78, 5) is 13.2. The van der Waals surface area contributed by atoms with Gasteiger partial charge < -0.3 is 4.90 Å². The summed E-state index contributed by atoms with van der Waals surface area (Å²) in [5.74, 6) is 0.183. The van der Waals surface area contributed by atoms with E-state index in [1.54, 1.807) is 6.92 Å². The fourth-order valence-corrected chi connectivity index (χ4v) is 2.29. The molecule has 80 valence electrons. The van der Waals surface area contributed by atoms with Gasteiger partial charge in [0, 0.05) is 20.0 Å². The van der Waals surface area contributed by atoms with Gasteiger partial charge in [-0.05, 0) is 29.5 Å². The van der Waals surface area contributed by atoms with Crippen LogP contribution in [0, 0.1) is 0 Å². The SMILES string of the molecule is CCc1cccc2c1CCN(C(C)=O)C2. The van der Waals surface area contributed by atoms with Crippen molar-refractivity contribution in [2.45, 2.75) is 33.2 Å². The molecule has 15 heavy (non-hydrogen) atoms. The van der Waals surface area contributed by atoms with Gasteiger partial charge in [-0.15, -0.1) is 0 Å². The number of amides is 1. The van der Waals surface area contributed by atoms with E-state index in [0.717, 1.165) is 25.9 Å². The largest absolute Gasteiger partial charge is 0.338 e. The third-order valence-corrected chi connectivity index (χ3v) is 3.19. The Morgan fingerprint density at radius 3 is 2.93 bits per heavy atom. The fraction of sp³-hybridized carbons (Fsp3) is 0.462. The molecule has 0 atom stereocenters. The first-order valence-corrected chi connectivity index (χ1v) is 5.57. The molecule has 1 aliphatic rings. The van der Waals surface area contributed by atoms with E-state index in [9.17, 15) is 4.79 Å². The number of hydrogen-bond donors (Lipinski definition) is 0. The smallest absolute Gasteiger partial charge is 0.219 e.